The van der Waals surface area contributed by atoms with Crippen LogP contribution in [0.2, 0.25) is 0 Å². The lowest BCUT2D eigenvalue weighted by atomic mass is 10.1. The molecule has 0 saturated carbocycles. The van der Waals surface area contributed by atoms with E-state index in [1.54, 1.807) is 0 Å². The zero-order chi connectivity index (χ0) is 13.8. The predicted molar refractivity (Wildman–Crippen MR) is 68.2 cm³/mol. The van der Waals surface area contributed by atoms with Crippen molar-refractivity contribution in [1.82, 2.24) is 4.90 Å². The number of hydrogen-bond donors (Lipinski definition) is 1. The molecule has 106 valence electrons. The molecule has 0 aromatic rings. The van der Waals surface area contributed by atoms with Crippen LogP contribution in [0.1, 0.15) is 51.9 Å². The normalized spacial score (nSPS) is 10.3. The van der Waals surface area contributed by atoms with Crippen LogP contribution in [0.5, 0.6) is 0 Å². The number of carbonyl (C=O) groups excluding carboxylic acids is 1. The zero-order valence-electron chi connectivity index (χ0n) is 11.2. The molecule has 0 bridgehead atoms. The molecule has 0 atom stereocenters. The number of halogens is 1. The molecule has 0 rings (SSSR count). The first-order chi connectivity index (χ1) is 8.61. The Hall–Kier alpha value is -1.13. The van der Waals surface area contributed by atoms with Crippen LogP contribution in [0.3, 0.4) is 0 Å². The molecule has 0 heterocycles. The molecular weight excluding hydrogens is 237 g/mol. The summed E-state index contributed by atoms with van der Waals surface area (Å²) in [5, 5.41) is 8.70. The van der Waals surface area contributed by atoms with Crippen molar-refractivity contribution >= 4 is 11.9 Å². The standard InChI is InChI=1S/C13H24FNO3/c1-2-10-15(11-13(17)18)12(16)8-6-4-3-5-7-9-14/h2-11H2,1H3,(H,17,18). The molecule has 0 radical (unpaired) electrons. The van der Waals surface area contributed by atoms with Gasteiger partial charge in [-0.1, -0.05) is 26.2 Å². The summed E-state index contributed by atoms with van der Waals surface area (Å²) in [6.07, 6.45) is 5.19. The fourth-order valence-corrected chi connectivity index (χ4v) is 1.78. The van der Waals surface area contributed by atoms with Gasteiger partial charge in [-0.2, -0.15) is 0 Å². The van der Waals surface area contributed by atoms with Crippen molar-refractivity contribution in [1.29, 1.82) is 0 Å². The van der Waals surface area contributed by atoms with E-state index in [0.29, 0.717) is 19.4 Å². The van der Waals surface area contributed by atoms with Crippen molar-refractivity contribution in [3.05, 3.63) is 0 Å². The second-order valence-corrected chi connectivity index (χ2v) is 4.42. The summed E-state index contributed by atoms with van der Waals surface area (Å²) in [7, 11) is 0. The summed E-state index contributed by atoms with van der Waals surface area (Å²) in [6, 6.07) is 0. The van der Waals surface area contributed by atoms with Gasteiger partial charge in [-0.3, -0.25) is 14.0 Å². The van der Waals surface area contributed by atoms with Crippen molar-refractivity contribution in [2.75, 3.05) is 19.8 Å². The van der Waals surface area contributed by atoms with Crippen LogP contribution in [0.15, 0.2) is 0 Å². The molecular formula is C13H24FNO3. The largest absolute Gasteiger partial charge is 0.480 e. The third kappa shape index (κ3) is 8.96. The highest BCUT2D eigenvalue weighted by Gasteiger charge is 2.14. The van der Waals surface area contributed by atoms with Gasteiger partial charge in [-0.15, -0.1) is 0 Å². The fraction of sp³-hybridized carbons (Fsp3) is 0.846. The predicted octanol–water partition coefficient (Wildman–Crippen LogP) is 2.62. The van der Waals surface area contributed by atoms with Crippen LogP contribution in [0.4, 0.5) is 4.39 Å². The molecule has 18 heavy (non-hydrogen) atoms. The first-order valence-electron chi connectivity index (χ1n) is 6.67. The van der Waals surface area contributed by atoms with Crippen molar-refractivity contribution in [2.24, 2.45) is 0 Å². The molecule has 1 N–H and O–H groups in total. The number of alkyl halides is 1. The Kier molecular flexibility index (Phi) is 10.3. The van der Waals surface area contributed by atoms with Crippen molar-refractivity contribution in [2.45, 2.75) is 51.9 Å². The highest BCUT2D eigenvalue weighted by Crippen LogP contribution is 2.07. The second-order valence-electron chi connectivity index (χ2n) is 4.42. The third-order valence-electron chi connectivity index (χ3n) is 2.70. The molecule has 0 aliphatic carbocycles. The third-order valence-corrected chi connectivity index (χ3v) is 2.70. The lowest BCUT2D eigenvalue weighted by Gasteiger charge is -2.19. The number of hydrogen-bond acceptors (Lipinski definition) is 2. The van der Waals surface area contributed by atoms with E-state index in [1.165, 1.54) is 4.90 Å². The van der Waals surface area contributed by atoms with Gasteiger partial charge in [-0.25, -0.2) is 0 Å². The van der Waals surface area contributed by atoms with E-state index in [2.05, 4.69) is 0 Å². The number of carbonyl (C=O) groups is 2. The lowest BCUT2D eigenvalue weighted by molar-refractivity contribution is -0.144. The molecule has 0 fully saturated rings. The smallest absolute Gasteiger partial charge is 0.323 e. The monoisotopic (exact) mass is 261 g/mol. The number of nitrogens with zero attached hydrogens (tertiary/aromatic N) is 1. The quantitative estimate of drug-likeness (QED) is 0.582. The van der Waals surface area contributed by atoms with Gasteiger partial charge in [-0.05, 0) is 19.3 Å². The van der Waals surface area contributed by atoms with Gasteiger partial charge in [0.2, 0.25) is 5.91 Å². The molecule has 0 aliphatic rings. The first kappa shape index (κ1) is 16.9. The summed E-state index contributed by atoms with van der Waals surface area (Å²) in [4.78, 5) is 23.8. The van der Waals surface area contributed by atoms with Crippen molar-refractivity contribution < 1.29 is 19.1 Å². The van der Waals surface area contributed by atoms with Gasteiger partial charge in [0, 0.05) is 13.0 Å². The van der Waals surface area contributed by atoms with E-state index in [4.69, 9.17) is 5.11 Å². The van der Waals surface area contributed by atoms with Gasteiger partial charge in [0.1, 0.15) is 6.54 Å². The number of unbranched alkanes of at least 4 members (excludes halogenated alkanes) is 4. The Balaban J connectivity index is 3.77. The van der Waals surface area contributed by atoms with Crippen molar-refractivity contribution in [3.8, 4) is 0 Å². The maximum Gasteiger partial charge on any atom is 0.323 e. The summed E-state index contributed by atoms with van der Waals surface area (Å²) in [5.41, 5.74) is 0. The van der Waals surface area contributed by atoms with Gasteiger partial charge in [0.05, 0.1) is 6.67 Å². The minimum Gasteiger partial charge on any atom is -0.480 e. The maximum atomic E-state index is 11.8. The summed E-state index contributed by atoms with van der Waals surface area (Å²) < 4.78 is 11.8. The molecule has 0 aromatic carbocycles. The van der Waals surface area contributed by atoms with Crippen LogP contribution in [-0.2, 0) is 9.59 Å². The SMILES string of the molecule is CCCN(CC(=O)O)C(=O)CCCCCCCF. The van der Waals surface area contributed by atoms with E-state index >= 15 is 0 Å². The maximum absolute atomic E-state index is 11.8. The Bertz CT molecular complexity index is 246. The van der Waals surface area contributed by atoms with Gasteiger partial charge >= 0.3 is 5.97 Å². The Morgan fingerprint density at radius 2 is 1.72 bits per heavy atom. The average Bonchev–Trinajstić information content (AvgIpc) is 2.32. The van der Waals surface area contributed by atoms with Gasteiger partial charge in [0.25, 0.3) is 0 Å². The van der Waals surface area contributed by atoms with Crippen molar-refractivity contribution in [3.63, 3.8) is 0 Å². The molecule has 0 spiro atoms. The molecule has 0 saturated heterocycles. The Labute approximate surface area is 108 Å². The lowest BCUT2D eigenvalue weighted by Crippen LogP contribution is -2.36. The van der Waals surface area contributed by atoms with Crippen LogP contribution < -0.4 is 0 Å². The Morgan fingerprint density at radius 3 is 2.28 bits per heavy atom. The number of carboxylic acid groups (broad SMARTS) is 1. The molecule has 0 unspecified atom stereocenters. The van der Waals surface area contributed by atoms with Gasteiger partial charge < -0.3 is 10.0 Å². The Morgan fingerprint density at radius 1 is 1.11 bits per heavy atom. The molecule has 5 heteroatoms. The summed E-state index contributed by atoms with van der Waals surface area (Å²) >= 11 is 0. The average molecular weight is 261 g/mol. The molecule has 4 nitrogen and oxygen atoms in total. The second kappa shape index (κ2) is 11.0. The van der Waals surface area contributed by atoms with E-state index in [1.807, 2.05) is 6.92 Å². The minimum atomic E-state index is -0.972. The molecule has 1 amide bonds. The highest BCUT2D eigenvalue weighted by molar-refractivity contribution is 5.81. The van der Waals surface area contributed by atoms with Crippen LogP contribution in [0.25, 0.3) is 0 Å². The molecule has 0 aromatic heterocycles. The van der Waals surface area contributed by atoms with Crippen LogP contribution in [-0.4, -0.2) is 41.6 Å². The molecule has 0 aliphatic heterocycles. The van der Waals surface area contributed by atoms with Gasteiger partial charge in [0.15, 0.2) is 0 Å². The van der Waals surface area contributed by atoms with E-state index in [9.17, 15) is 14.0 Å². The van der Waals surface area contributed by atoms with E-state index in [-0.39, 0.29) is 19.1 Å². The summed E-state index contributed by atoms with van der Waals surface area (Å²) in [5.74, 6) is -1.07. The fourth-order valence-electron chi connectivity index (χ4n) is 1.78. The minimum absolute atomic E-state index is 0.0928. The van der Waals surface area contributed by atoms with E-state index < -0.39 is 5.97 Å². The topological polar surface area (TPSA) is 57.6 Å². The summed E-state index contributed by atoms with van der Waals surface area (Å²) in [6.45, 7) is 1.92. The van der Waals surface area contributed by atoms with Crippen LogP contribution >= 0.6 is 0 Å². The first-order valence-corrected chi connectivity index (χ1v) is 6.67. The number of carboxylic acids is 1. The van der Waals surface area contributed by atoms with Crippen LogP contribution in [0, 0.1) is 0 Å². The number of aliphatic carboxylic acids is 1. The number of rotatable bonds is 11. The van der Waals surface area contributed by atoms with E-state index in [0.717, 1.165) is 32.1 Å². The highest BCUT2D eigenvalue weighted by atomic mass is 19.1. The zero-order valence-corrected chi connectivity index (χ0v) is 11.2. The number of amides is 1.